The summed E-state index contributed by atoms with van der Waals surface area (Å²) < 4.78 is 0. The lowest BCUT2D eigenvalue weighted by Gasteiger charge is -2.40. The number of fused-ring (bicyclic) bond motifs is 1. The third kappa shape index (κ3) is 3.52. The highest BCUT2D eigenvalue weighted by molar-refractivity contribution is 6.05. The van der Waals surface area contributed by atoms with Crippen molar-refractivity contribution in [3.05, 3.63) is 65.2 Å². The van der Waals surface area contributed by atoms with Gasteiger partial charge in [-0.1, -0.05) is 42.5 Å². The minimum atomic E-state index is -0.736. The fourth-order valence-electron chi connectivity index (χ4n) is 4.60. The largest absolute Gasteiger partial charge is 0.388 e. The molecule has 1 aliphatic heterocycles. The molecule has 2 aromatic carbocycles. The molecular weight excluding hydrogens is 336 g/mol. The number of hydrogen-bond donors (Lipinski definition) is 2. The number of likely N-dealkylation sites (tertiary alicyclic amines) is 1. The van der Waals surface area contributed by atoms with E-state index in [1.807, 2.05) is 49.5 Å². The van der Waals surface area contributed by atoms with E-state index in [9.17, 15) is 9.90 Å². The lowest BCUT2D eigenvalue weighted by molar-refractivity contribution is -0.0283. The van der Waals surface area contributed by atoms with Gasteiger partial charge >= 0.3 is 0 Å². The quantitative estimate of drug-likeness (QED) is 0.872. The van der Waals surface area contributed by atoms with Crippen molar-refractivity contribution < 1.29 is 9.90 Å². The van der Waals surface area contributed by atoms with Gasteiger partial charge in [-0.15, -0.1) is 0 Å². The summed E-state index contributed by atoms with van der Waals surface area (Å²) in [6, 6.07) is 16.0. The van der Waals surface area contributed by atoms with Crippen molar-refractivity contribution in [1.29, 1.82) is 0 Å². The zero-order chi connectivity index (χ0) is 18.9. The average Bonchev–Trinajstić information content (AvgIpc) is 2.72. The predicted octanol–water partition coefficient (Wildman–Crippen LogP) is 3.46. The summed E-state index contributed by atoms with van der Waals surface area (Å²) in [5, 5.41) is 14.2. The molecule has 1 heterocycles. The molecule has 0 amide bonds. The number of carbonyl (C=O) groups is 1. The lowest BCUT2D eigenvalue weighted by Crippen LogP contribution is -2.45. The van der Waals surface area contributed by atoms with Crippen molar-refractivity contribution in [2.45, 2.75) is 31.3 Å². The van der Waals surface area contributed by atoms with Crippen LogP contribution in [0, 0.1) is 5.92 Å². The fourth-order valence-corrected chi connectivity index (χ4v) is 4.60. The van der Waals surface area contributed by atoms with Gasteiger partial charge in [0.25, 0.3) is 0 Å². The number of ketones is 1. The Bertz CT molecular complexity index is 796. The van der Waals surface area contributed by atoms with Crippen molar-refractivity contribution in [3.8, 4) is 0 Å². The lowest BCUT2D eigenvalue weighted by atomic mass is 9.80. The van der Waals surface area contributed by atoms with Crippen molar-refractivity contribution in [3.63, 3.8) is 0 Å². The Hall–Kier alpha value is -2.17. The molecule has 142 valence electrons. The van der Waals surface area contributed by atoms with Crippen LogP contribution in [0.3, 0.4) is 0 Å². The molecular formula is C23H28N2O2. The molecule has 2 aromatic rings. The van der Waals surface area contributed by atoms with Crippen LogP contribution in [0.2, 0.25) is 0 Å². The van der Waals surface area contributed by atoms with Crippen LogP contribution in [0.4, 0.5) is 5.69 Å². The maximum Gasteiger partial charge on any atom is 0.169 e. The van der Waals surface area contributed by atoms with Crippen molar-refractivity contribution in [2.75, 3.05) is 32.0 Å². The highest BCUT2D eigenvalue weighted by Crippen LogP contribution is 2.35. The van der Waals surface area contributed by atoms with Gasteiger partial charge in [0.05, 0.1) is 5.60 Å². The maximum absolute atomic E-state index is 13.1. The number of benzene rings is 2. The highest BCUT2D eigenvalue weighted by Gasteiger charge is 2.36. The van der Waals surface area contributed by atoms with Crippen molar-refractivity contribution >= 4 is 11.5 Å². The van der Waals surface area contributed by atoms with Gasteiger partial charge in [0, 0.05) is 43.9 Å². The van der Waals surface area contributed by atoms with Crippen LogP contribution < -0.4 is 5.32 Å². The van der Waals surface area contributed by atoms with Crippen molar-refractivity contribution in [2.24, 2.45) is 5.92 Å². The first kappa shape index (κ1) is 18.2. The number of anilines is 1. The predicted molar refractivity (Wildman–Crippen MR) is 108 cm³/mol. The first-order valence-corrected chi connectivity index (χ1v) is 9.95. The maximum atomic E-state index is 13.1. The standard InChI is InChI=1S/C23H28N2O2/c1-24-20-9-5-6-17-10-11-18(22(26)21(17)20)16-25-14-12-23(27,13-15-25)19-7-3-2-4-8-19/h2-9,18,24,27H,10-16H2,1H3. The zero-order valence-corrected chi connectivity index (χ0v) is 15.9. The van der Waals surface area contributed by atoms with E-state index in [1.54, 1.807) is 0 Å². The first-order valence-electron chi connectivity index (χ1n) is 9.95. The Balaban J connectivity index is 1.42. The summed E-state index contributed by atoms with van der Waals surface area (Å²) in [5.74, 6) is 0.319. The minimum Gasteiger partial charge on any atom is -0.388 e. The number of nitrogens with one attached hydrogen (secondary N) is 1. The van der Waals surface area contributed by atoms with Crippen LogP contribution in [0.1, 0.15) is 40.7 Å². The number of nitrogens with zero attached hydrogens (tertiary/aromatic N) is 1. The van der Waals surface area contributed by atoms with E-state index >= 15 is 0 Å². The van der Waals surface area contributed by atoms with Crippen LogP contribution in [0.5, 0.6) is 0 Å². The van der Waals surface area contributed by atoms with Gasteiger partial charge in [0.2, 0.25) is 0 Å². The smallest absolute Gasteiger partial charge is 0.169 e. The van der Waals surface area contributed by atoms with E-state index in [-0.39, 0.29) is 11.7 Å². The van der Waals surface area contributed by atoms with Gasteiger partial charge in [-0.3, -0.25) is 4.79 Å². The molecule has 4 nitrogen and oxygen atoms in total. The Kier molecular flexibility index (Phi) is 5.02. The Morgan fingerprint density at radius 1 is 1.11 bits per heavy atom. The number of aliphatic hydroxyl groups is 1. The number of rotatable bonds is 4. The van der Waals surface area contributed by atoms with Gasteiger partial charge in [-0.05, 0) is 42.9 Å². The summed E-state index contributed by atoms with van der Waals surface area (Å²) >= 11 is 0. The van der Waals surface area contributed by atoms with Crippen LogP contribution in [0.15, 0.2) is 48.5 Å². The SMILES string of the molecule is CNc1cccc2c1C(=O)C(CN1CCC(O)(c3ccccc3)CC1)CC2. The molecule has 0 bridgehead atoms. The molecule has 0 spiro atoms. The van der Waals surface area contributed by atoms with Gasteiger partial charge in [-0.25, -0.2) is 0 Å². The first-order chi connectivity index (χ1) is 13.1. The Morgan fingerprint density at radius 2 is 1.85 bits per heavy atom. The number of piperidine rings is 1. The van der Waals surface area contributed by atoms with E-state index in [2.05, 4.69) is 16.3 Å². The highest BCUT2D eigenvalue weighted by atomic mass is 16.3. The fraction of sp³-hybridized carbons (Fsp3) is 0.435. The Morgan fingerprint density at radius 3 is 2.56 bits per heavy atom. The molecule has 2 aliphatic rings. The molecule has 1 fully saturated rings. The van der Waals surface area contributed by atoms with E-state index in [0.717, 1.165) is 62.1 Å². The van der Waals surface area contributed by atoms with Gasteiger partial charge < -0.3 is 15.3 Å². The second kappa shape index (κ2) is 7.45. The van der Waals surface area contributed by atoms with Gasteiger partial charge in [0.15, 0.2) is 5.78 Å². The number of hydrogen-bond acceptors (Lipinski definition) is 4. The van der Waals surface area contributed by atoms with Crippen LogP contribution in [0.25, 0.3) is 0 Å². The summed E-state index contributed by atoms with van der Waals surface area (Å²) in [7, 11) is 1.88. The minimum absolute atomic E-state index is 0.0509. The third-order valence-electron chi connectivity index (χ3n) is 6.27. The topological polar surface area (TPSA) is 52.6 Å². The summed E-state index contributed by atoms with van der Waals surface area (Å²) in [6.07, 6.45) is 3.31. The number of aryl methyl sites for hydroxylation is 1. The van der Waals surface area contributed by atoms with E-state index in [4.69, 9.17) is 0 Å². The zero-order valence-electron chi connectivity index (χ0n) is 15.9. The molecule has 1 unspecified atom stereocenters. The third-order valence-corrected chi connectivity index (χ3v) is 6.27. The second-order valence-electron chi connectivity index (χ2n) is 7.89. The molecule has 2 N–H and O–H groups in total. The van der Waals surface area contributed by atoms with E-state index in [0.29, 0.717) is 0 Å². The number of Topliss-reactive ketones (excluding diaryl/α,β-unsaturated/α-hetero) is 1. The average molecular weight is 364 g/mol. The Labute approximate surface area is 161 Å². The molecule has 1 saturated heterocycles. The normalized spacial score (nSPS) is 22.3. The van der Waals surface area contributed by atoms with Gasteiger partial charge in [-0.2, -0.15) is 0 Å². The molecule has 4 heteroatoms. The van der Waals surface area contributed by atoms with Gasteiger partial charge in [0.1, 0.15) is 0 Å². The molecule has 4 rings (SSSR count). The molecule has 0 radical (unpaired) electrons. The summed E-state index contributed by atoms with van der Waals surface area (Å²) in [4.78, 5) is 15.5. The molecule has 0 saturated carbocycles. The summed E-state index contributed by atoms with van der Waals surface area (Å²) in [6.45, 7) is 2.45. The number of carbonyl (C=O) groups excluding carboxylic acids is 1. The molecule has 1 atom stereocenters. The van der Waals surface area contributed by atoms with Crippen LogP contribution >= 0.6 is 0 Å². The second-order valence-corrected chi connectivity index (χ2v) is 7.89. The molecule has 0 aromatic heterocycles. The van der Waals surface area contributed by atoms with Crippen LogP contribution in [-0.4, -0.2) is 42.5 Å². The molecule has 1 aliphatic carbocycles. The van der Waals surface area contributed by atoms with E-state index < -0.39 is 5.60 Å². The van der Waals surface area contributed by atoms with Crippen LogP contribution in [-0.2, 0) is 12.0 Å². The monoisotopic (exact) mass is 364 g/mol. The van der Waals surface area contributed by atoms with Crippen molar-refractivity contribution in [1.82, 2.24) is 4.90 Å². The van der Waals surface area contributed by atoms with E-state index in [1.165, 1.54) is 5.56 Å². The summed E-state index contributed by atoms with van der Waals surface area (Å²) in [5.41, 5.74) is 3.26. The molecule has 27 heavy (non-hydrogen) atoms.